The Bertz CT molecular complexity index is 446. The molecule has 20 heavy (non-hydrogen) atoms. The van der Waals surface area contributed by atoms with Crippen LogP contribution in [0, 0.1) is 6.92 Å². The van der Waals surface area contributed by atoms with Gasteiger partial charge in [-0.05, 0) is 27.7 Å². The summed E-state index contributed by atoms with van der Waals surface area (Å²) in [6.45, 7) is 9.47. The van der Waals surface area contributed by atoms with E-state index in [1.807, 2.05) is 46.0 Å². The molecule has 1 amide bonds. The number of carbonyl (C=O) groups is 1. The number of hydrogen-bond acceptors (Lipinski definition) is 4. The van der Waals surface area contributed by atoms with Gasteiger partial charge in [0, 0.05) is 30.9 Å². The highest BCUT2D eigenvalue weighted by molar-refractivity contribution is 5.67. The molecule has 0 saturated carbocycles. The molecule has 0 fully saturated rings. The number of nitrogens with one attached hydrogen (secondary N) is 3. The fourth-order valence-electron chi connectivity index (χ4n) is 1.47. The van der Waals surface area contributed by atoms with Gasteiger partial charge in [-0.15, -0.1) is 0 Å². The SMILES string of the molecule is Cc1[nH]ncc1CNC/C=C/CNC(=O)OC(C)(C)C. The number of H-pyrrole nitrogens is 1. The molecule has 112 valence electrons. The summed E-state index contributed by atoms with van der Waals surface area (Å²) in [5.41, 5.74) is 1.77. The van der Waals surface area contributed by atoms with Crippen molar-refractivity contribution < 1.29 is 9.53 Å². The van der Waals surface area contributed by atoms with E-state index < -0.39 is 11.7 Å². The average molecular weight is 280 g/mol. The summed E-state index contributed by atoms with van der Waals surface area (Å²) in [5.74, 6) is 0. The van der Waals surface area contributed by atoms with Crippen molar-refractivity contribution in [2.24, 2.45) is 0 Å². The molecule has 0 atom stereocenters. The zero-order chi connectivity index (χ0) is 15.0. The predicted octanol–water partition coefficient (Wildman–Crippen LogP) is 1.89. The van der Waals surface area contributed by atoms with Crippen molar-refractivity contribution in [2.45, 2.75) is 39.8 Å². The molecule has 0 spiro atoms. The van der Waals surface area contributed by atoms with Gasteiger partial charge < -0.3 is 15.4 Å². The van der Waals surface area contributed by atoms with Crippen molar-refractivity contribution in [1.82, 2.24) is 20.8 Å². The van der Waals surface area contributed by atoms with Crippen LogP contribution in [0.1, 0.15) is 32.0 Å². The molecule has 0 aliphatic heterocycles. The lowest BCUT2D eigenvalue weighted by Crippen LogP contribution is -2.32. The van der Waals surface area contributed by atoms with E-state index in [0.29, 0.717) is 6.54 Å². The number of alkyl carbamates (subject to hydrolysis) is 1. The molecule has 0 unspecified atom stereocenters. The van der Waals surface area contributed by atoms with E-state index in [1.165, 1.54) is 0 Å². The van der Waals surface area contributed by atoms with Gasteiger partial charge in [0.15, 0.2) is 0 Å². The van der Waals surface area contributed by atoms with E-state index in [9.17, 15) is 4.79 Å². The van der Waals surface area contributed by atoms with Crippen LogP contribution in [0.15, 0.2) is 18.3 Å². The molecule has 0 aromatic carbocycles. The lowest BCUT2D eigenvalue weighted by molar-refractivity contribution is 0.0534. The third-order valence-corrected chi connectivity index (χ3v) is 2.44. The molecule has 1 aromatic rings. The number of aromatic amines is 1. The summed E-state index contributed by atoms with van der Waals surface area (Å²) in [4.78, 5) is 11.3. The summed E-state index contributed by atoms with van der Waals surface area (Å²) < 4.78 is 5.12. The Kier molecular flexibility index (Phi) is 6.24. The highest BCUT2D eigenvalue weighted by atomic mass is 16.6. The molecule has 1 heterocycles. The van der Waals surface area contributed by atoms with Crippen LogP contribution < -0.4 is 10.6 Å². The minimum atomic E-state index is -0.461. The van der Waals surface area contributed by atoms with E-state index in [1.54, 1.807) is 0 Å². The number of rotatable bonds is 6. The Morgan fingerprint density at radius 1 is 1.40 bits per heavy atom. The normalized spacial score (nSPS) is 11.8. The van der Waals surface area contributed by atoms with E-state index in [4.69, 9.17) is 4.74 Å². The Morgan fingerprint density at radius 3 is 2.70 bits per heavy atom. The van der Waals surface area contributed by atoms with E-state index >= 15 is 0 Å². The number of ether oxygens (including phenoxy) is 1. The topological polar surface area (TPSA) is 79.0 Å². The molecule has 1 rings (SSSR count). The van der Waals surface area contributed by atoms with Gasteiger partial charge >= 0.3 is 6.09 Å². The van der Waals surface area contributed by atoms with E-state index in [-0.39, 0.29) is 0 Å². The second-order valence-corrected chi connectivity index (χ2v) is 5.51. The Labute approximate surface area is 120 Å². The standard InChI is InChI=1S/C14H24N4O2/c1-11-12(10-17-18-11)9-15-7-5-6-8-16-13(19)20-14(2,3)4/h5-6,10,15H,7-9H2,1-4H3,(H,16,19)(H,17,18)/b6-5+. The fraction of sp³-hybridized carbons (Fsp3) is 0.571. The second-order valence-electron chi connectivity index (χ2n) is 5.51. The second kappa shape index (κ2) is 7.69. The molecule has 1 aromatic heterocycles. The third-order valence-electron chi connectivity index (χ3n) is 2.44. The first-order chi connectivity index (χ1) is 9.38. The van der Waals surface area contributed by atoms with Crippen LogP contribution in [0.2, 0.25) is 0 Å². The Balaban J connectivity index is 2.08. The number of amides is 1. The first-order valence-corrected chi connectivity index (χ1v) is 6.70. The zero-order valence-electron chi connectivity index (χ0n) is 12.6. The minimum absolute atomic E-state index is 0.399. The van der Waals surface area contributed by atoms with Crippen LogP contribution in [0.25, 0.3) is 0 Å². The third kappa shape index (κ3) is 6.94. The Hall–Kier alpha value is -1.82. The van der Waals surface area contributed by atoms with Crippen molar-refractivity contribution in [2.75, 3.05) is 13.1 Å². The molecule has 3 N–H and O–H groups in total. The summed E-state index contributed by atoms with van der Waals surface area (Å²) in [6, 6.07) is 0. The van der Waals surface area contributed by atoms with Crippen molar-refractivity contribution in [3.8, 4) is 0 Å². The molecule has 0 radical (unpaired) electrons. The number of nitrogens with zero attached hydrogens (tertiary/aromatic N) is 1. The maximum absolute atomic E-state index is 11.3. The summed E-state index contributed by atoms with van der Waals surface area (Å²) in [7, 11) is 0. The largest absolute Gasteiger partial charge is 0.444 e. The molecular weight excluding hydrogens is 256 g/mol. The van der Waals surface area contributed by atoms with E-state index in [0.717, 1.165) is 24.3 Å². The van der Waals surface area contributed by atoms with Gasteiger partial charge in [-0.25, -0.2) is 4.79 Å². The smallest absolute Gasteiger partial charge is 0.407 e. The van der Waals surface area contributed by atoms with Crippen LogP contribution in [0.5, 0.6) is 0 Å². The number of aryl methyl sites for hydroxylation is 1. The number of hydrogen-bond donors (Lipinski definition) is 3. The summed E-state index contributed by atoms with van der Waals surface area (Å²) in [6.07, 6.45) is 5.27. The van der Waals surface area contributed by atoms with Crippen LogP contribution in [-0.2, 0) is 11.3 Å². The average Bonchev–Trinajstić information content (AvgIpc) is 2.71. The lowest BCUT2D eigenvalue weighted by atomic mass is 10.2. The Morgan fingerprint density at radius 2 is 2.10 bits per heavy atom. The quantitative estimate of drug-likeness (QED) is 0.549. The molecule has 0 aliphatic carbocycles. The number of carbonyl (C=O) groups excluding carboxylic acids is 1. The molecule has 6 heteroatoms. The van der Waals surface area contributed by atoms with Crippen molar-refractivity contribution >= 4 is 6.09 Å². The van der Waals surface area contributed by atoms with E-state index in [2.05, 4.69) is 20.8 Å². The summed E-state index contributed by atoms with van der Waals surface area (Å²) in [5, 5.41) is 12.8. The van der Waals surface area contributed by atoms with Crippen LogP contribution in [0.3, 0.4) is 0 Å². The summed E-state index contributed by atoms with van der Waals surface area (Å²) >= 11 is 0. The molecule has 0 saturated heterocycles. The van der Waals surface area contributed by atoms with Crippen LogP contribution in [-0.4, -0.2) is 35.0 Å². The molecule has 0 aliphatic rings. The van der Waals surface area contributed by atoms with Gasteiger partial charge in [0.1, 0.15) is 5.60 Å². The zero-order valence-corrected chi connectivity index (χ0v) is 12.6. The van der Waals surface area contributed by atoms with Crippen LogP contribution in [0.4, 0.5) is 4.79 Å². The highest BCUT2D eigenvalue weighted by Gasteiger charge is 2.14. The first kappa shape index (κ1) is 16.2. The molecular formula is C14H24N4O2. The van der Waals surface area contributed by atoms with Gasteiger partial charge in [-0.3, -0.25) is 5.10 Å². The monoisotopic (exact) mass is 280 g/mol. The van der Waals surface area contributed by atoms with Crippen molar-refractivity contribution in [1.29, 1.82) is 0 Å². The van der Waals surface area contributed by atoms with Gasteiger partial charge in [-0.2, -0.15) is 5.10 Å². The van der Waals surface area contributed by atoms with Gasteiger partial charge in [-0.1, -0.05) is 12.2 Å². The first-order valence-electron chi connectivity index (χ1n) is 6.70. The maximum atomic E-state index is 11.3. The maximum Gasteiger partial charge on any atom is 0.407 e. The predicted molar refractivity (Wildman–Crippen MR) is 78.4 cm³/mol. The molecule has 0 bridgehead atoms. The van der Waals surface area contributed by atoms with Crippen molar-refractivity contribution in [3.05, 3.63) is 29.6 Å². The molecule has 6 nitrogen and oxygen atoms in total. The number of aromatic nitrogens is 2. The fourth-order valence-corrected chi connectivity index (χ4v) is 1.47. The highest BCUT2D eigenvalue weighted by Crippen LogP contribution is 2.06. The van der Waals surface area contributed by atoms with Crippen molar-refractivity contribution in [3.63, 3.8) is 0 Å². The van der Waals surface area contributed by atoms with Gasteiger partial charge in [0.2, 0.25) is 0 Å². The minimum Gasteiger partial charge on any atom is -0.444 e. The van der Waals surface area contributed by atoms with Gasteiger partial charge in [0.25, 0.3) is 0 Å². The van der Waals surface area contributed by atoms with Gasteiger partial charge in [0.05, 0.1) is 6.20 Å². The lowest BCUT2D eigenvalue weighted by Gasteiger charge is -2.19. The van der Waals surface area contributed by atoms with Crippen LogP contribution >= 0.6 is 0 Å².